The predicted molar refractivity (Wildman–Crippen MR) is 95.4 cm³/mol. The Hall–Kier alpha value is -1.36. The Kier molecular flexibility index (Phi) is 5.00. The molecule has 2 aliphatic rings. The molecule has 132 valence electrons. The largest absolute Gasteiger partial charge is 0.349 e. The van der Waals surface area contributed by atoms with Crippen molar-refractivity contribution in [1.82, 2.24) is 5.32 Å². The maximum atomic E-state index is 12.5. The third-order valence-corrected chi connectivity index (χ3v) is 6.75. The lowest BCUT2D eigenvalue weighted by atomic mass is 9.97. The highest BCUT2D eigenvalue weighted by atomic mass is 32.2. The van der Waals surface area contributed by atoms with Crippen molar-refractivity contribution >= 4 is 15.7 Å². The SMILES string of the molecule is CC(C)Cc1ccc([C@@H](NC(=O)[C@@H]2CCS(=O)(=O)C2)C2CC2)cc1. The van der Waals surface area contributed by atoms with E-state index in [9.17, 15) is 13.2 Å². The Labute approximate surface area is 145 Å². The zero-order valence-corrected chi connectivity index (χ0v) is 15.3. The quantitative estimate of drug-likeness (QED) is 0.859. The van der Waals surface area contributed by atoms with Crippen molar-refractivity contribution < 1.29 is 13.2 Å². The molecule has 24 heavy (non-hydrogen) atoms. The highest BCUT2D eigenvalue weighted by molar-refractivity contribution is 7.91. The van der Waals surface area contributed by atoms with Crippen LogP contribution in [0.1, 0.15) is 50.3 Å². The maximum Gasteiger partial charge on any atom is 0.224 e. The topological polar surface area (TPSA) is 63.2 Å². The molecule has 3 rings (SSSR count). The second-order valence-corrected chi connectivity index (χ2v) is 9.99. The minimum absolute atomic E-state index is 0.00352. The van der Waals surface area contributed by atoms with E-state index in [-0.39, 0.29) is 29.4 Å². The molecule has 0 radical (unpaired) electrons. The molecule has 0 bridgehead atoms. The van der Waals surface area contributed by atoms with E-state index in [0.29, 0.717) is 18.3 Å². The van der Waals surface area contributed by atoms with E-state index >= 15 is 0 Å². The van der Waals surface area contributed by atoms with Crippen LogP contribution in [0.2, 0.25) is 0 Å². The number of amides is 1. The van der Waals surface area contributed by atoms with Crippen LogP contribution >= 0.6 is 0 Å². The van der Waals surface area contributed by atoms with Crippen LogP contribution in [0.4, 0.5) is 0 Å². The van der Waals surface area contributed by atoms with Crippen molar-refractivity contribution in [2.45, 2.75) is 45.6 Å². The first kappa shape index (κ1) is 17.5. The molecule has 4 nitrogen and oxygen atoms in total. The summed E-state index contributed by atoms with van der Waals surface area (Å²) >= 11 is 0. The molecule has 0 aromatic heterocycles. The summed E-state index contributed by atoms with van der Waals surface area (Å²) in [5, 5.41) is 3.13. The zero-order valence-electron chi connectivity index (χ0n) is 14.5. The van der Waals surface area contributed by atoms with Crippen LogP contribution in [-0.2, 0) is 21.1 Å². The van der Waals surface area contributed by atoms with Crippen LogP contribution < -0.4 is 5.32 Å². The third kappa shape index (κ3) is 4.38. The van der Waals surface area contributed by atoms with E-state index in [1.54, 1.807) is 0 Å². The minimum Gasteiger partial charge on any atom is -0.349 e. The molecule has 1 saturated carbocycles. The molecular weight excluding hydrogens is 322 g/mol. The molecule has 1 amide bonds. The summed E-state index contributed by atoms with van der Waals surface area (Å²) in [5.74, 6) is 0.782. The van der Waals surface area contributed by atoms with Gasteiger partial charge in [-0.3, -0.25) is 4.79 Å². The molecule has 2 atom stereocenters. The van der Waals surface area contributed by atoms with Gasteiger partial charge in [0.15, 0.2) is 9.84 Å². The molecule has 2 fully saturated rings. The Morgan fingerprint density at radius 3 is 2.33 bits per heavy atom. The van der Waals surface area contributed by atoms with Crippen LogP contribution in [0.25, 0.3) is 0 Å². The summed E-state index contributed by atoms with van der Waals surface area (Å²) in [4.78, 5) is 12.5. The van der Waals surface area contributed by atoms with E-state index in [4.69, 9.17) is 0 Å². The van der Waals surface area contributed by atoms with E-state index in [0.717, 1.165) is 24.8 Å². The first-order valence-electron chi connectivity index (χ1n) is 8.94. The summed E-state index contributed by atoms with van der Waals surface area (Å²) in [6, 6.07) is 8.56. The summed E-state index contributed by atoms with van der Waals surface area (Å²) in [7, 11) is -3.02. The number of carbonyl (C=O) groups is 1. The average Bonchev–Trinajstić information content (AvgIpc) is 3.28. The van der Waals surface area contributed by atoms with Gasteiger partial charge >= 0.3 is 0 Å². The van der Waals surface area contributed by atoms with E-state index in [1.807, 2.05) is 0 Å². The molecule has 0 spiro atoms. The molecule has 1 aromatic rings. The minimum atomic E-state index is -3.02. The number of rotatable bonds is 6. The van der Waals surface area contributed by atoms with E-state index in [1.165, 1.54) is 5.56 Å². The van der Waals surface area contributed by atoms with Crippen molar-refractivity contribution in [3.05, 3.63) is 35.4 Å². The van der Waals surface area contributed by atoms with Gasteiger partial charge in [0.25, 0.3) is 0 Å². The van der Waals surface area contributed by atoms with Crippen molar-refractivity contribution in [3.8, 4) is 0 Å². The normalized spacial score (nSPS) is 24.0. The summed E-state index contributed by atoms with van der Waals surface area (Å²) in [6.07, 6.45) is 3.77. The molecule has 1 N–H and O–H groups in total. The Bertz CT molecular complexity index is 690. The molecule has 1 heterocycles. The van der Waals surface area contributed by atoms with Crippen molar-refractivity contribution in [2.24, 2.45) is 17.8 Å². The Morgan fingerprint density at radius 1 is 1.17 bits per heavy atom. The molecule has 5 heteroatoms. The highest BCUT2D eigenvalue weighted by Gasteiger charge is 2.37. The van der Waals surface area contributed by atoms with Gasteiger partial charge in [0.2, 0.25) is 5.91 Å². The van der Waals surface area contributed by atoms with Gasteiger partial charge in [-0.15, -0.1) is 0 Å². The van der Waals surface area contributed by atoms with Crippen LogP contribution in [0.15, 0.2) is 24.3 Å². The summed E-state index contributed by atoms with van der Waals surface area (Å²) in [5.41, 5.74) is 2.45. The predicted octanol–water partition coefficient (Wildman–Crippen LogP) is 2.89. The van der Waals surface area contributed by atoms with Gasteiger partial charge in [0, 0.05) is 0 Å². The number of hydrogen-bond acceptors (Lipinski definition) is 3. The van der Waals surface area contributed by atoms with Crippen molar-refractivity contribution in [3.63, 3.8) is 0 Å². The maximum absolute atomic E-state index is 12.5. The first-order valence-corrected chi connectivity index (χ1v) is 10.8. The van der Waals surface area contributed by atoms with Gasteiger partial charge in [0.1, 0.15) is 0 Å². The lowest BCUT2D eigenvalue weighted by molar-refractivity contribution is -0.125. The summed E-state index contributed by atoms with van der Waals surface area (Å²) < 4.78 is 23.2. The second-order valence-electron chi connectivity index (χ2n) is 7.76. The fourth-order valence-corrected chi connectivity index (χ4v) is 5.25. The van der Waals surface area contributed by atoms with Crippen molar-refractivity contribution in [1.29, 1.82) is 0 Å². The van der Waals surface area contributed by atoms with E-state index < -0.39 is 9.84 Å². The Balaban J connectivity index is 1.68. The van der Waals surface area contributed by atoms with Gasteiger partial charge in [-0.2, -0.15) is 0 Å². The second kappa shape index (κ2) is 6.87. The number of sulfone groups is 1. The van der Waals surface area contributed by atoms with Gasteiger partial charge in [0.05, 0.1) is 23.5 Å². The number of nitrogens with one attached hydrogen (secondary N) is 1. The molecule has 0 unspecified atom stereocenters. The molecule has 1 aliphatic carbocycles. The third-order valence-electron chi connectivity index (χ3n) is 4.98. The van der Waals surface area contributed by atoms with Gasteiger partial charge in [-0.1, -0.05) is 38.1 Å². The smallest absolute Gasteiger partial charge is 0.224 e. The molecule has 1 aliphatic heterocycles. The molecular formula is C19H27NO3S. The molecule has 1 aromatic carbocycles. The standard InChI is InChI=1S/C19H27NO3S/c1-13(2)11-14-3-5-15(6-4-14)18(16-7-8-16)20-19(21)17-9-10-24(22,23)12-17/h3-6,13,16-18H,7-12H2,1-2H3,(H,20,21)/t17-,18-/m1/s1. The molecule has 1 saturated heterocycles. The van der Waals surface area contributed by atoms with Crippen molar-refractivity contribution in [2.75, 3.05) is 11.5 Å². The van der Waals surface area contributed by atoms with Crippen LogP contribution in [0, 0.1) is 17.8 Å². The fraction of sp³-hybridized carbons (Fsp3) is 0.632. The lowest BCUT2D eigenvalue weighted by Crippen LogP contribution is -2.35. The van der Waals surface area contributed by atoms with Crippen LogP contribution in [0.5, 0.6) is 0 Å². The van der Waals surface area contributed by atoms with E-state index in [2.05, 4.69) is 43.4 Å². The zero-order chi connectivity index (χ0) is 17.3. The van der Waals surface area contributed by atoms with Gasteiger partial charge < -0.3 is 5.32 Å². The Morgan fingerprint density at radius 2 is 1.83 bits per heavy atom. The fourth-order valence-electron chi connectivity index (χ4n) is 3.51. The first-order chi connectivity index (χ1) is 11.3. The van der Waals surface area contributed by atoms with Crippen LogP contribution in [0.3, 0.4) is 0 Å². The average molecular weight is 349 g/mol. The summed E-state index contributed by atoms with van der Waals surface area (Å²) in [6.45, 7) is 4.41. The van der Waals surface area contributed by atoms with Gasteiger partial charge in [-0.05, 0) is 48.6 Å². The van der Waals surface area contributed by atoms with Crippen LogP contribution in [-0.4, -0.2) is 25.8 Å². The monoisotopic (exact) mass is 349 g/mol. The highest BCUT2D eigenvalue weighted by Crippen LogP contribution is 2.41. The van der Waals surface area contributed by atoms with Gasteiger partial charge in [-0.25, -0.2) is 8.42 Å². The number of benzene rings is 1. The lowest BCUT2D eigenvalue weighted by Gasteiger charge is -2.21. The number of hydrogen-bond donors (Lipinski definition) is 1. The number of carbonyl (C=O) groups excluding carboxylic acids is 1.